The first kappa shape index (κ1) is 38.0. The Morgan fingerprint density at radius 1 is 0.441 bits per heavy atom. The number of allylic oxidation sites excluding steroid dienone is 1. The van der Waals surface area contributed by atoms with Gasteiger partial charge in [0.2, 0.25) is 0 Å². The zero-order chi connectivity index (χ0) is 44.5. The zero-order valence-electron chi connectivity index (χ0n) is 36.5. The third-order valence-corrected chi connectivity index (χ3v) is 16.4. The third-order valence-electron chi connectivity index (χ3n) is 14.1. The van der Waals surface area contributed by atoms with Crippen molar-refractivity contribution in [2.75, 3.05) is 0 Å². The molecule has 0 radical (unpaired) electrons. The highest BCUT2D eigenvalue weighted by Crippen LogP contribution is 2.46. The van der Waals surface area contributed by atoms with Crippen molar-refractivity contribution in [3.05, 3.63) is 217 Å². The molecule has 6 heteroatoms. The summed E-state index contributed by atoms with van der Waals surface area (Å²) in [5.74, 6) is 0.683. The van der Waals surface area contributed by atoms with Crippen LogP contribution in [0.2, 0.25) is 0 Å². The molecular weight excluding hydrogens is 867 g/mol. The van der Waals surface area contributed by atoms with Crippen LogP contribution in [0, 0.1) is 0 Å². The average Bonchev–Trinajstić information content (AvgIpc) is 4.14. The second kappa shape index (κ2) is 14.7. The van der Waals surface area contributed by atoms with Crippen molar-refractivity contribution < 1.29 is 4.42 Å². The van der Waals surface area contributed by atoms with Crippen LogP contribution in [0.25, 0.3) is 117 Å². The van der Waals surface area contributed by atoms with Gasteiger partial charge in [0.1, 0.15) is 11.2 Å². The summed E-state index contributed by atoms with van der Waals surface area (Å²) in [6.45, 7) is 0. The molecule has 1 aliphatic rings. The van der Waals surface area contributed by atoms with E-state index in [9.17, 15) is 0 Å². The van der Waals surface area contributed by atoms with Gasteiger partial charge in [-0.15, -0.1) is 22.7 Å². The van der Waals surface area contributed by atoms with Crippen molar-refractivity contribution in [3.63, 3.8) is 0 Å². The highest BCUT2D eigenvalue weighted by atomic mass is 32.1. The predicted molar refractivity (Wildman–Crippen MR) is 292 cm³/mol. The molecule has 68 heavy (non-hydrogen) atoms. The largest absolute Gasteiger partial charge is 0.456 e. The first-order chi connectivity index (χ1) is 33.7. The Bertz CT molecular complexity index is 4570. The van der Waals surface area contributed by atoms with Crippen LogP contribution in [-0.4, -0.2) is 16.1 Å². The molecule has 0 aliphatic carbocycles. The molecule has 15 rings (SSSR count). The summed E-state index contributed by atoms with van der Waals surface area (Å²) in [4.78, 5) is 11.6. The number of rotatable bonds is 4. The summed E-state index contributed by atoms with van der Waals surface area (Å²) in [5, 5.41) is 14.5. The standard InChI is InChI=1S/C62H37N3OS2/c1-2-14-38-35-53-47(32-37(38)13-1)42-16-5-8-21-52(42)65(53)60-46(28-31-58-59(60)45-27-24-36-12-3-4-15-41(36)61(45)68-58)62-63-50(39-25-29-55-48(33-39)43-17-6-9-22-54(43)66-55)19-11-20-51(64-62)40-26-30-57-49(34-40)44-18-7-10-23-56(44)67-57/h1-10,12-18,20-35H,11,19H2. The molecule has 0 amide bonds. The Morgan fingerprint density at radius 3 is 2.06 bits per heavy atom. The van der Waals surface area contributed by atoms with Crippen LogP contribution in [0.5, 0.6) is 0 Å². The Labute approximate surface area is 397 Å². The lowest BCUT2D eigenvalue weighted by atomic mass is 9.99. The lowest BCUT2D eigenvalue weighted by molar-refractivity contribution is 0.669. The Morgan fingerprint density at radius 2 is 1.15 bits per heavy atom. The molecule has 1 aliphatic heterocycles. The molecule has 0 fully saturated rings. The van der Waals surface area contributed by atoms with Gasteiger partial charge in [-0.2, -0.15) is 0 Å². The van der Waals surface area contributed by atoms with E-state index >= 15 is 0 Å². The molecule has 4 aromatic heterocycles. The first-order valence-corrected chi connectivity index (χ1v) is 24.8. The van der Waals surface area contributed by atoms with Crippen molar-refractivity contribution in [2.45, 2.75) is 12.8 Å². The molecule has 4 nitrogen and oxygen atoms in total. The van der Waals surface area contributed by atoms with E-state index in [-0.39, 0.29) is 0 Å². The molecule has 14 aromatic rings. The van der Waals surface area contributed by atoms with Crippen LogP contribution in [-0.2, 0) is 0 Å². The van der Waals surface area contributed by atoms with Gasteiger partial charge >= 0.3 is 0 Å². The van der Waals surface area contributed by atoms with Crippen molar-refractivity contribution in [1.82, 2.24) is 4.57 Å². The number of nitrogens with zero attached hydrogens (tertiary/aromatic N) is 3. The van der Waals surface area contributed by atoms with Crippen molar-refractivity contribution in [1.29, 1.82) is 0 Å². The molecule has 0 saturated heterocycles. The third kappa shape index (κ3) is 5.71. The molecule has 5 heterocycles. The minimum Gasteiger partial charge on any atom is -0.456 e. The molecule has 10 aromatic carbocycles. The van der Waals surface area contributed by atoms with Crippen molar-refractivity contribution in [2.24, 2.45) is 9.98 Å². The summed E-state index contributed by atoms with van der Waals surface area (Å²) in [6.07, 6.45) is 3.85. The van der Waals surface area contributed by atoms with Gasteiger partial charge < -0.3 is 8.98 Å². The molecule has 0 unspecified atom stereocenters. The molecule has 0 atom stereocenters. The molecule has 318 valence electrons. The fraction of sp³-hybridized carbons (Fsp3) is 0.0323. The summed E-state index contributed by atoms with van der Waals surface area (Å²) in [6, 6.07) is 70.7. The number of amidine groups is 1. The fourth-order valence-corrected chi connectivity index (χ4v) is 13.2. The van der Waals surface area contributed by atoms with E-state index in [0.717, 1.165) is 79.6 Å². The average molecular weight is 904 g/mol. The van der Waals surface area contributed by atoms with Crippen molar-refractivity contribution >= 4 is 146 Å². The highest BCUT2D eigenvalue weighted by Gasteiger charge is 2.25. The number of fused-ring (bicyclic) bond motifs is 15. The van der Waals surface area contributed by atoms with Gasteiger partial charge in [0.05, 0.1) is 28.1 Å². The van der Waals surface area contributed by atoms with E-state index in [2.05, 4.69) is 193 Å². The Hall–Kier alpha value is -8.16. The van der Waals surface area contributed by atoms with Crippen LogP contribution in [0.1, 0.15) is 29.5 Å². The Kier molecular flexibility index (Phi) is 8.20. The van der Waals surface area contributed by atoms with Crippen LogP contribution in [0.3, 0.4) is 0 Å². The van der Waals surface area contributed by atoms with E-state index in [4.69, 9.17) is 14.4 Å². The minimum absolute atomic E-state index is 0.683. The highest BCUT2D eigenvalue weighted by molar-refractivity contribution is 7.27. The quantitative estimate of drug-likeness (QED) is 0.173. The Balaban J connectivity index is 1.06. The predicted octanol–water partition coefficient (Wildman–Crippen LogP) is 17.8. The van der Waals surface area contributed by atoms with E-state index < -0.39 is 0 Å². The van der Waals surface area contributed by atoms with E-state index in [0.29, 0.717) is 5.84 Å². The molecule has 0 N–H and O–H groups in total. The second-order valence-corrected chi connectivity index (χ2v) is 20.0. The van der Waals surface area contributed by atoms with Gasteiger partial charge in [-0.05, 0) is 113 Å². The lowest BCUT2D eigenvalue weighted by Crippen LogP contribution is -2.12. The number of benzene rings is 10. The second-order valence-electron chi connectivity index (χ2n) is 17.9. The van der Waals surface area contributed by atoms with Gasteiger partial charge in [-0.25, -0.2) is 9.98 Å². The maximum absolute atomic E-state index is 6.32. The van der Waals surface area contributed by atoms with Gasteiger partial charge in [0, 0.05) is 73.0 Å². The molecule has 0 saturated carbocycles. The molecule has 0 bridgehead atoms. The number of aromatic nitrogens is 1. The summed E-state index contributed by atoms with van der Waals surface area (Å²) in [5.41, 5.74) is 10.2. The van der Waals surface area contributed by atoms with Gasteiger partial charge in [-0.1, -0.05) is 127 Å². The van der Waals surface area contributed by atoms with Gasteiger partial charge in [-0.3, -0.25) is 0 Å². The minimum atomic E-state index is 0.683. The summed E-state index contributed by atoms with van der Waals surface area (Å²) >= 11 is 3.71. The van der Waals surface area contributed by atoms with E-state index in [1.54, 1.807) is 0 Å². The smallest absolute Gasteiger partial charge is 0.162 e. The van der Waals surface area contributed by atoms with Crippen LogP contribution < -0.4 is 0 Å². The van der Waals surface area contributed by atoms with Crippen LogP contribution in [0.4, 0.5) is 0 Å². The normalized spacial score (nSPS) is 13.7. The first-order valence-electron chi connectivity index (χ1n) is 23.2. The van der Waals surface area contributed by atoms with Crippen molar-refractivity contribution in [3.8, 4) is 5.69 Å². The number of para-hydroxylation sites is 2. The molecular formula is C62H37N3OS2. The number of aliphatic imine (C=N–C) groups is 2. The van der Waals surface area contributed by atoms with Crippen LogP contribution >= 0.6 is 22.7 Å². The van der Waals surface area contributed by atoms with Crippen LogP contribution in [0.15, 0.2) is 215 Å². The number of thiophene rings is 2. The number of hydrogen-bond donors (Lipinski definition) is 0. The van der Waals surface area contributed by atoms with E-state index in [1.165, 1.54) is 72.7 Å². The summed E-state index contributed by atoms with van der Waals surface area (Å²) < 4.78 is 13.9. The lowest BCUT2D eigenvalue weighted by Gasteiger charge is -2.19. The van der Waals surface area contributed by atoms with Gasteiger partial charge in [0.15, 0.2) is 5.84 Å². The number of furan rings is 1. The fourth-order valence-electron chi connectivity index (χ4n) is 10.9. The topological polar surface area (TPSA) is 42.8 Å². The molecule has 0 spiro atoms. The van der Waals surface area contributed by atoms with Gasteiger partial charge in [0.25, 0.3) is 0 Å². The van der Waals surface area contributed by atoms with E-state index in [1.807, 2.05) is 34.8 Å². The zero-order valence-corrected chi connectivity index (χ0v) is 38.2. The maximum atomic E-state index is 6.32. The summed E-state index contributed by atoms with van der Waals surface area (Å²) in [7, 11) is 0. The maximum Gasteiger partial charge on any atom is 0.162 e. The SMILES string of the molecule is C1=C(c2ccc3sc4ccccc4c3c2)N=C(c2ccc3sc4c5ccccc5ccc4c3c2-n2c3ccccc3c3cc4ccccc4cc32)N=C(c2ccc3oc4ccccc4c3c2)CC1. The number of hydrogen-bond acceptors (Lipinski definition) is 5. The monoisotopic (exact) mass is 903 g/mol.